The molecule has 1 atom stereocenters. The zero-order chi connectivity index (χ0) is 30.8. The third kappa shape index (κ3) is 9.14. The number of nitrogens with zero attached hydrogens (tertiary/aromatic N) is 4. The molecule has 8 heteroatoms. The van der Waals surface area contributed by atoms with E-state index in [2.05, 4.69) is 22.0 Å². The summed E-state index contributed by atoms with van der Waals surface area (Å²) in [7, 11) is 0. The number of hydrogen-bond acceptors (Lipinski definition) is 6. The minimum absolute atomic E-state index is 0.0624. The Morgan fingerprint density at radius 3 is 2.16 bits per heavy atom. The highest BCUT2D eigenvalue weighted by Gasteiger charge is 2.34. The van der Waals surface area contributed by atoms with Crippen molar-refractivity contribution in [2.24, 2.45) is 11.0 Å². The van der Waals surface area contributed by atoms with Gasteiger partial charge in [-0.25, -0.2) is 9.97 Å². The molecule has 1 N–H and O–H groups in total. The van der Waals surface area contributed by atoms with Crippen LogP contribution >= 0.6 is 0 Å². The molecule has 3 aromatic rings. The van der Waals surface area contributed by atoms with Gasteiger partial charge in [-0.2, -0.15) is 0 Å². The van der Waals surface area contributed by atoms with Gasteiger partial charge < -0.3 is 9.84 Å². The van der Waals surface area contributed by atoms with Crippen molar-refractivity contribution in [3.05, 3.63) is 78.3 Å². The smallest absolute Gasteiger partial charge is 0.307 e. The van der Waals surface area contributed by atoms with E-state index in [4.69, 9.17) is 4.74 Å². The lowest BCUT2D eigenvalue weighted by molar-refractivity contribution is -0.641. The number of benzene rings is 2. The Labute approximate surface area is 254 Å². The lowest BCUT2D eigenvalue weighted by atomic mass is 9.92. The third-order valence-corrected chi connectivity index (χ3v) is 7.64. The van der Waals surface area contributed by atoms with Crippen molar-refractivity contribution in [3.8, 4) is 28.3 Å². The second-order valence-corrected chi connectivity index (χ2v) is 12.1. The first-order chi connectivity index (χ1) is 20.6. The van der Waals surface area contributed by atoms with E-state index < -0.39 is 11.9 Å². The van der Waals surface area contributed by atoms with Gasteiger partial charge in [0.25, 0.3) is 0 Å². The minimum Gasteiger partial charge on any atom is -0.494 e. The summed E-state index contributed by atoms with van der Waals surface area (Å²) in [5, 5.41) is 14.1. The molecule has 1 aromatic heterocycles. The quantitative estimate of drug-likeness (QED) is 0.147. The van der Waals surface area contributed by atoms with Crippen LogP contribution in [0.2, 0.25) is 0 Å². The van der Waals surface area contributed by atoms with E-state index in [1.54, 1.807) is 18.6 Å². The van der Waals surface area contributed by atoms with Crippen molar-refractivity contribution >= 4 is 11.8 Å². The molecule has 0 radical (unpaired) electrons. The highest BCUT2D eigenvalue weighted by molar-refractivity contribution is 5.97. The predicted molar refractivity (Wildman–Crippen MR) is 167 cm³/mol. The number of ketones is 1. The van der Waals surface area contributed by atoms with Crippen LogP contribution in [0.3, 0.4) is 0 Å². The Kier molecular flexibility index (Phi) is 10.9. The maximum Gasteiger partial charge on any atom is 0.307 e. The summed E-state index contributed by atoms with van der Waals surface area (Å²) >= 11 is 0. The number of Topliss-reactive ketones (excluding diaryl/α,β-unsaturated/α-hetero) is 1. The SMILES string of the molecule is CCCCCCCOc1ccc(-c2cnc(-c3ccc(C[C@H](CC(=O)C4=CN=[N+](C(C)(C)C)C4)C(=O)O)cc3)nc2)cc1. The first kappa shape index (κ1) is 31.7. The summed E-state index contributed by atoms with van der Waals surface area (Å²) in [6.07, 6.45) is 11.4. The molecular formula is C35H43N4O4+. The van der Waals surface area contributed by atoms with Crippen molar-refractivity contribution < 1.29 is 24.1 Å². The zero-order valence-electron chi connectivity index (χ0n) is 25.8. The number of aromatic nitrogens is 2. The molecule has 1 aliphatic heterocycles. The second kappa shape index (κ2) is 14.8. The maximum atomic E-state index is 12.8. The summed E-state index contributed by atoms with van der Waals surface area (Å²) in [6, 6.07) is 15.5. The fourth-order valence-corrected chi connectivity index (χ4v) is 4.89. The standard InChI is InChI=1S/C35H42N4O4/c1-5-6-7-8-9-18-43-31-16-14-26(15-17-31)29-21-36-33(37-22-29)27-12-10-25(11-13-27)19-28(34(41)42)20-32(40)30-23-38-39(24-30)35(2,3)4/h10-17,21-23,28H,5-9,18-20,24H2,1-4H3/p+1/t28-/m1/s1. The average molecular weight is 584 g/mol. The number of ether oxygens (including phenoxy) is 1. The Bertz CT molecular complexity index is 1440. The van der Waals surface area contributed by atoms with Gasteiger partial charge in [-0.05, 0) is 41.2 Å². The van der Waals surface area contributed by atoms with Crippen molar-refractivity contribution in [2.45, 2.75) is 78.2 Å². The summed E-state index contributed by atoms with van der Waals surface area (Å²) in [4.78, 5) is 34.0. The van der Waals surface area contributed by atoms with E-state index in [-0.39, 0.29) is 24.2 Å². The Morgan fingerprint density at radius 1 is 0.907 bits per heavy atom. The minimum atomic E-state index is -0.985. The lowest BCUT2D eigenvalue weighted by Gasteiger charge is -2.14. The number of carbonyl (C=O) groups excluding carboxylic acids is 1. The molecule has 2 aromatic carbocycles. The molecule has 0 aliphatic carbocycles. The predicted octanol–water partition coefficient (Wildman–Crippen LogP) is 7.52. The van der Waals surface area contributed by atoms with Crippen molar-refractivity contribution in [3.63, 3.8) is 0 Å². The van der Waals surface area contributed by atoms with Crippen molar-refractivity contribution in [1.29, 1.82) is 0 Å². The van der Waals surface area contributed by atoms with Crippen LogP contribution in [-0.4, -0.2) is 50.2 Å². The molecule has 0 bridgehead atoms. The first-order valence-electron chi connectivity index (χ1n) is 15.2. The van der Waals surface area contributed by atoms with Gasteiger partial charge in [-0.3, -0.25) is 9.59 Å². The van der Waals surface area contributed by atoms with Gasteiger partial charge >= 0.3 is 5.97 Å². The van der Waals surface area contributed by atoms with E-state index in [0.29, 0.717) is 17.9 Å². The number of aliphatic carboxylic acids is 1. The van der Waals surface area contributed by atoms with Crippen LogP contribution in [-0.2, 0) is 16.0 Å². The van der Waals surface area contributed by atoms with Gasteiger partial charge in [0.05, 0.1) is 18.1 Å². The van der Waals surface area contributed by atoms with Crippen LogP contribution in [0.25, 0.3) is 22.5 Å². The van der Waals surface area contributed by atoms with Gasteiger partial charge in [0.2, 0.25) is 0 Å². The third-order valence-electron chi connectivity index (χ3n) is 7.64. The molecule has 4 rings (SSSR count). The summed E-state index contributed by atoms with van der Waals surface area (Å²) in [6.45, 7) is 9.42. The highest BCUT2D eigenvalue weighted by atomic mass is 16.5. The molecule has 226 valence electrons. The van der Waals surface area contributed by atoms with E-state index in [9.17, 15) is 14.7 Å². The largest absolute Gasteiger partial charge is 0.494 e. The van der Waals surface area contributed by atoms with Gasteiger partial charge in [0.15, 0.2) is 23.7 Å². The maximum absolute atomic E-state index is 12.8. The molecule has 2 heterocycles. The van der Waals surface area contributed by atoms with E-state index >= 15 is 0 Å². The molecule has 0 amide bonds. The number of hydrogen-bond donors (Lipinski definition) is 1. The molecule has 0 unspecified atom stereocenters. The summed E-state index contributed by atoms with van der Waals surface area (Å²) in [5.74, 6) is -0.524. The number of unbranched alkanes of at least 4 members (excludes halogenated alkanes) is 4. The fraction of sp³-hybridized carbons (Fsp3) is 0.429. The van der Waals surface area contributed by atoms with Crippen LogP contribution in [0.1, 0.15) is 71.8 Å². The van der Waals surface area contributed by atoms with E-state index in [1.165, 1.54) is 25.7 Å². The summed E-state index contributed by atoms with van der Waals surface area (Å²) in [5.41, 5.74) is 3.95. The Balaban J connectivity index is 1.30. The van der Waals surface area contributed by atoms with Gasteiger partial charge in [-0.15, -0.1) is 4.70 Å². The second-order valence-electron chi connectivity index (χ2n) is 12.1. The van der Waals surface area contributed by atoms with Crippen molar-refractivity contribution in [2.75, 3.05) is 13.2 Å². The van der Waals surface area contributed by atoms with Gasteiger partial charge in [0, 0.05) is 50.7 Å². The zero-order valence-corrected chi connectivity index (χ0v) is 25.8. The normalized spacial score (nSPS) is 13.8. The molecule has 0 fully saturated rings. The van der Waals surface area contributed by atoms with Crippen LogP contribution in [0, 0.1) is 5.92 Å². The van der Waals surface area contributed by atoms with Crippen LogP contribution in [0.5, 0.6) is 5.75 Å². The van der Waals surface area contributed by atoms with Crippen LogP contribution in [0.15, 0.2) is 77.8 Å². The number of carbonyl (C=O) groups is 2. The number of rotatable bonds is 15. The molecule has 8 nitrogen and oxygen atoms in total. The van der Waals surface area contributed by atoms with E-state index in [0.717, 1.165) is 41.0 Å². The molecular weight excluding hydrogens is 540 g/mol. The molecule has 0 saturated carbocycles. The van der Waals surface area contributed by atoms with Gasteiger partial charge in [-0.1, -0.05) is 69.0 Å². The van der Waals surface area contributed by atoms with Crippen LogP contribution < -0.4 is 4.74 Å². The number of azo groups is 2. The fourth-order valence-electron chi connectivity index (χ4n) is 4.89. The van der Waals surface area contributed by atoms with Gasteiger partial charge in [0.1, 0.15) is 11.9 Å². The first-order valence-corrected chi connectivity index (χ1v) is 15.2. The molecule has 0 saturated heterocycles. The lowest BCUT2D eigenvalue weighted by Crippen LogP contribution is -2.32. The summed E-state index contributed by atoms with van der Waals surface area (Å²) < 4.78 is 7.71. The van der Waals surface area contributed by atoms with Crippen molar-refractivity contribution in [1.82, 2.24) is 9.97 Å². The van der Waals surface area contributed by atoms with E-state index in [1.807, 2.05) is 74.0 Å². The molecule has 1 aliphatic rings. The Hall–Kier alpha value is -4.20. The number of carboxylic acids is 1. The number of carboxylic acid groups (broad SMARTS) is 1. The molecule has 43 heavy (non-hydrogen) atoms. The van der Waals surface area contributed by atoms with Crippen LogP contribution in [0.4, 0.5) is 0 Å². The Morgan fingerprint density at radius 2 is 1.56 bits per heavy atom. The average Bonchev–Trinajstić information content (AvgIpc) is 3.51. The molecule has 0 spiro atoms. The monoisotopic (exact) mass is 583 g/mol. The topological polar surface area (TPSA) is 105 Å². The highest BCUT2D eigenvalue weighted by Crippen LogP contribution is 2.25.